The lowest BCUT2D eigenvalue weighted by Crippen LogP contribution is -3.00. The van der Waals surface area contributed by atoms with Gasteiger partial charge in [-0.15, -0.1) is 0 Å². The number of quaternary nitrogens is 1. The van der Waals surface area contributed by atoms with Crippen molar-refractivity contribution in [2.45, 2.75) is 99.0 Å². The maximum absolute atomic E-state index is 11.2. The summed E-state index contributed by atoms with van der Waals surface area (Å²) in [4.78, 5) is 32.3. The number of unbranched alkanes of at least 4 members (excludes halogenated alkanes) is 4. The molecule has 0 aromatic heterocycles. The number of ketones is 2. The van der Waals surface area contributed by atoms with E-state index in [9.17, 15) is 14.4 Å². The summed E-state index contributed by atoms with van der Waals surface area (Å²) in [6.45, 7) is 10.3. The zero-order valence-corrected chi connectivity index (χ0v) is 18.0. The number of ether oxygens (including phenoxy) is 1. The predicted octanol–water partition coefficient (Wildman–Crippen LogP) is 0.678. The second-order valence-corrected chi connectivity index (χ2v) is 7.31. The molecule has 0 unspecified atom stereocenters. The van der Waals surface area contributed by atoms with Gasteiger partial charge in [-0.3, -0.25) is 0 Å². The van der Waals surface area contributed by atoms with Gasteiger partial charge in [-0.1, -0.05) is 13.8 Å². The predicted molar refractivity (Wildman–Crippen MR) is 107 cm³/mol. The SMILES string of the molecule is C.CC(=O)CCCCCNC(=O)OC(C)(C)C.CC(=O)CCCCC[NH3+].[Cl-]. The third-order valence-corrected chi connectivity index (χ3v) is 3.15. The highest BCUT2D eigenvalue weighted by atomic mass is 35.5. The normalized spacial score (nSPS) is 9.70. The Morgan fingerprint density at radius 1 is 0.852 bits per heavy atom. The molecule has 7 heteroatoms. The van der Waals surface area contributed by atoms with Crippen molar-refractivity contribution < 1.29 is 37.3 Å². The fourth-order valence-corrected chi connectivity index (χ4v) is 1.91. The molecule has 0 aromatic carbocycles. The quantitative estimate of drug-likeness (QED) is 0.489. The molecule has 1 amide bonds. The molecule has 0 aliphatic carbocycles. The van der Waals surface area contributed by atoms with Gasteiger partial charge in [0, 0.05) is 19.4 Å². The topological polar surface area (TPSA) is 100 Å². The van der Waals surface area contributed by atoms with Gasteiger partial charge in [0.05, 0.1) is 6.54 Å². The molecule has 0 saturated heterocycles. The molecule has 164 valence electrons. The Bertz CT molecular complexity index is 383. The Labute approximate surface area is 172 Å². The average Bonchev–Trinajstić information content (AvgIpc) is 2.45. The van der Waals surface area contributed by atoms with Crippen LogP contribution in [0.5, 0.6) is 0 Å². The highest BCUT2D eigenvalue weighted by Gasteiger charge is 2.15. The molecular formula is C20H43ClN2O4. The maximum Gasteiger partial charge on any atom is 0.407 e. The van der Waals surface area contributed by atoms with E-state index in [4.69, 9.17) is 4.74 Å². The van der Waals surface area contributed by atoms with Crippen molar-refractivity contribution in [1.82, 2.24) is 5.32 Å². The Balaban J connectivity index is -0.000000208. The second-order valence-electron chi connectivity index (χ2n) is 7.31. The molecule has 0 heterocycles. The van der Waals surface area contributed by atoms with E-state index in [1.54, 1.807) is 13.8 Å². The lowest BCUT2D eigenvalue weighted by molar-refractivity contribution is -0.368. The van der Waals surface area contributed by atoms with E-state index in [1.165, 1.54) is 0 Å². The van der Waals surface area contributed by atoms with Crippen molar-refractivity contribution in [2.75, 3.05) is 13.1 Å². The maximum atomic E-state index is 11.2. The van der Waals surface area contributed by atoms with Gasteiger partial charge in [0.25, 0.3) is 0 Å². The van der Waals surface area contributed by atoms with E-state index < -0.39 is 5.60 Å². The molecule has 27 heavy (non-hydrogen) atoms. The molecular weight excluding hydrogens is 368 g/mol. The molecule has 0 fully saturated rings. The summed E-state index contributed by atoms with van der Waals surface area (Å²) >= 11 is 0. The molecule has 0 atom stereocenters. The number of carbonyl (C=O) groups is 3. The summed E-state index contributed by atoms with van der Waals surface area (Å²) in [5.41, 5.74) is 3.27. The minimum Gasteiger partial charge on any atom is -1.00 e. The van der Waals surface area contributed by atoms with Crippen LogP contribution in [0.15, 0.2) is 0 Å². The second kappa shape index (κ2) is 21.2. The fraction of sp³-hybridized carbons (Fsp3) is 0.850. The minimum absolute atomic E-state index is 0. The lowest BCUT2D eigenvalue weighted by Gasteiger charge is -2.19. The van der Waals surface area contributed by atoms with E-state index >= 15 is 0 Å². The monoisotopic (exact) mass is 410 g/mol. The summed E-state index contributed by atoms with van der Waals surface area (Å²) in [5, 5.41) is 2.68. The Morgan fingerprint density at radius 2 is 1.30 bits per heavy atom. The number of amides is 1. The highest BCUT2D eigenvalue weighted by Crippen LogP contribution is 2.06. The summed E-state index contributed by atoms with van der Waals surface area (Å²) in [6.07, 6.45) is 7.10. The Morgan fingerprint density at radius 3 is 1.67 bits per heavy atom. The molecule has 6 nitrogen and oxygen atoms in total. The summed E-state index contributed by atoms with van der Waals surface area (Å²) in [6, 6.07) is 0. The van der Waals surface area contributed by atoms with E-state index in [-0.39, 0.29) is 31.7 Å². The molecule has 0 rings (SSSR count). The Kier molecular flexibility index (Phi) is 26.2. The van der Waals surface area contributed by atoms with Crippen LogP contribution in [-0.2, 0) is 14.3 Å². The van der Waals surface area contributed by atoms with Crippen LogP contribution in [0.2, 0.25) is 0 Å². The van der Waals surface area contributed by atoms with Crippen LogP contribution in [0.1, 0.15) is 93.4 Å². The highest BCUT2D eigenvalue weighted by molar-refractivity contribution is 5.75. The summed E-state index contributed by atoms with van der Waals surface area (Å²) < 4.78 is 5.08. The largest absolute Gasteiger partial charge is 1.00 e. The zero-order chi connectivity index (χ0) is 19.7. The van der Waals surface area contributed by atoms with E-state index in [0.717, 1.165) is 51.5 Å². The molecule has 0 spiro atoms. The van der Waals surface area contributed by atoms with Crippen LogP contribution >= 0.6 is 0 Å². The van der Waals surface area contributed by atoms with E-state index in [2.05, 4.69) is 11.1 Å². The Hall–Kier alpha value is -1.14. The zero-order valence-electron chi connectivity index (χ0n) is 17.3. The lowest BCUT2D eigenvalue weighted by atomic mass is 10.1. The van der Waals surface area contributed by atoms with Gasteiger partial charge in [-0.2, -0.15) is 0 Å². The van der Waals surface area contributed by atoms with Crippen molar-refractivity contribution in [3.63, 3.8) is 0 Å². The van der Waals surface area contributed by atoms with Gasteiger partial charge in [0.1, 0.15) is 17.2 Å². The molecule has 0 bridgehead atoms. The smallest absolute Gasteiger partial charge is 0.407 e. The van der Waals surface area contributed by atoms with Crippen molar-refractivity contribution in [2.24, 2.45) is 0 Å². The first-order chi connectivity index (χ1) is 11.6. The van der Waals surface area contributed by atoms with Crippen molar-refractivity contribution in [1.29, 1.82) is 0 Å². The van der Waals surface area contributed by atoms with Crippen molar-refractivity contribution >= 4 is 17.7 Å². The summed E-state index contributed by atoms with van der Waals surface area (Å²) in [7, 11) is 0. The number of nitrogens with one attached hydrogen (secondary N) is 1. The van der Waals surface area contributed by atoms with Crippen LogP contribution < -0.4 is 23.5 Å². The first kappa shape index (κ1) is 33.4. The fourth-order valence-electron chi connectivity index (χ4n) is 1.91. The average molecular weight is 411 g/mol. The van der Waals surface area contributed by atoms with Gasteiger partial charge in [-0.05, 0) is 66.7 Å². The number of hydrogen-bond donors (Lipinski definition) is 2. The van der Waals surface area contributed by atoms with Crippen LogP contribution in [0.25, 0.3) is 0 Å². The van der Waals surface area contributed by atoms with Crippen LogP contribution in [0.3, 0.4) is 0 Å². The molecule has 4 N–H and O–H groups in total. The van der Waals surface area contributed by atoms with Gasteiger partial charge >= 0.3 is 6.09 Å². The number of carbonyl (C=O) groups excluding carboxylic acids is 3. The molecule has 0 aromatic rings. The van der Waals surface area contributed by atoms with Crippen molar-refractivity contribution in [3.8, 4) is 0 Å². The van der Waals surface area contributed by atoms with E-state index in [1.807, 2.05) is 20.8 Å². The first-order valence-electron chi connectivity index (χ1n) is 9.33. The number of alkyl carbamates (subject to hydrolysis) is 1. The standard InChI is InChI=1S/C12H23NO3.C7H15NO.CH4.ClH/c1-10(14)8-6-5-7-9-13-11(15)16-12(2,3)4;1-7(9)5-3-2-4-6-8;;/h5-9H2,1-4H3,(H,13,15);2-6,8H2,1H3;1H4;1H. The van der Waals surface area contributed by atoms with Gasteiger partial charge in [0.2, 0.25) is 0 Å². The van der Waals surface area contributed by atoms with Crippen molar-refractivity contribution in [3.05, 3.63) is 0 Å². The van der Waals surface area contributed by atoms with Crippen LogP contribution in [0, 0.1) is 0 Å². The molecule has 0 aliphatic heterocycles. The third-order valence-electron chi connectivity index (χ3n) is 3.15. The number of rotatable bonds is 11. The summed E-state index contributed by atoms with van der Waals surface area (Å²) in [5.74, 6) is 0.527. The van der Waals surface area contributed by atoms with Gasteiger partial charge in [0.15, 0.2) is 0 Å². The number of hydrogen-bond acceptors (Lipinski definition) is 4. The minimum atomic E-state index is -0.446. The molecule has 0 aliphatic rings. The third kappa shape index (κ3) is 36.5. The van der Waals surface area contributed by atoms with Gasteiger partial charge in [-0.25, -0.2) is 4.79 Å². The number of halogens is 1. The van der Waals surface area contributed by atoms with Crippen LogP contribution in [-0.4, -0.2) is 36.4 Å². The van der Waals surface area contributed by atoms with Gasteiger partial charge < -0.3 is 37.8 Å². The first-order valence-corrected chi connectivity index (χ1v) is 9.33. The number of Topliss-reactive ketones (excluding diaryl/α,β-unsaturated/α-hetero) is 2. The molecule has 0 radical (unpaired) electrons. The van der Waals surface area contributed by atoms with E-state index in [0.29, 0.717) is 18.7 Å². The molecule has 0 saturated carbocycles. The van der Waals surface area contributed by atoms with Crippen LogP contribution in [0.4, 0.5) is 4.79 Å².